The molecule has 2 aromatic rings. The van der Waals surface area contributed by atoms with Gasteiger partial charge in [-0.3, -0.25) is 4.90 Å². The highest BCUT2D eigenvalue weighted by Crippen LogP contribution is 2.41. The van der Waals surface area contributed by atoms with Crippen LogP contribution in [0.3, 0.4) is 0 Å². The first-order valence-electron chi connectivity index (χ1n) is 18.3. The molecule has 3 nitrogen and oxygen atoms in total. The number of piperidine rings is 1. The van der Waals surface area contributed by atoms with E-state index in [1.54, 1.807) is 6.92 Å². The topological polar surface area (TPSA) is 18.8 Å². The molecule has 3 unspecified atom stereocenters. The van der Waals surface area contributed by atoms with E-state index >= 15 is 0 Å². The van der Waals surface area contributed by atoms with Crippen molar-refractivity contribution >= 4 is 5.71 Å². The molecule has 8 heteroatoms. The number of hydrogen-bond donors (Lipinski definition) is 0. The molecule has 6 rings (SSSR count). The second-order valence-corrected chi connectivity index (χ2v) is 15.2. The van der Waals surface area contributed by atoms with Crippen molar-refractivity contribution in [2.45, 2.75) is 121 Å². The van der Waals surface area contributed by atoms with Gasteiger partial charge in [0.05, 0.1) is 18.7 Å². The Morgan fingerprint density at radius 1 is 1.00 bits per heavy atom. The molecule has 4 aliphatic rings. The second kappa shape index (κ2) is 15.5. The molecule has 1 saturated carbocycles. The Morgan fingerprint density at radius 3 is 2.37 bits per heavy atom. The first-order chi connectivity index (χ1) is 23.2. The van der Waals surface area contributed by atoms with Crippen molar-refractivity contribution in [2.24, 2.45) is 10.9 Å². The fraction of sp³-hybridized carbons (Fsp3) is 0.585. The number of likely N-dealkylation sites (tertiary alicyclic amines) is 2. The first-order valence-corrected chi connectivity index (χ1v) is 18.3. The lowest BCUT2D eigenvalue weighted by atomic mass is 9.71. The number of rotatable bonds is 8. The summed E-state index contributed by atoms with van der Waals surface area (Å²) in [6.45, 7) is 13.6. The second-order valence-electron chi connectivity index (χ2n) is 15.2. The summed E-state index contributed by atoms with van der Waals surface area (Å²) < 4.78 is 69.1. The molecule has 3 fully saturated rings. The maximum absolute atomic E-state index is 14.4. The van der Waals surface area contributed by atoms with Gasteiger partial charge in [0.2, 0.25) is 0 Å². The average Bonchev–Trinajstić information content (AvgIpc) is 3.06. The third kappa shape index (κ3) is 8.84. The maximum Gasteiger partial charge on any atom is 0.416 e. The molecule has 0 spiro atoms. The summed E-state index contributed by atoms with van der Waals surface area (Å²) in [7, 11) is 0. The number of allylic oxidation sites excluding steroid dienone is 2. The van der Waals surface area contributed by atoms with E-state index < -0.39 is 23.2 Å². The molecule has 3 aliphatic heterocycles. The van der Waals surface area contributed by atoms with Crippen LogP contribution in [-0.2, 0) is 18.0 Å². The summed E-state index contributed by atoms with van der Waals surface area (Å²) in [5.74, 6) is 0.675. The highest BCUT2D eigenvalue weighted by atomic mass is 19.4. The van der Waals surface area contributed by atoms with Gasteiger partial charge in [0.25, 0.3) is 0 Å². The number of hydrogen-bond acceptors (Lipinski definition) is 3. The molecule has 0 bridgehead atoms. The number of aliphatic imine (C=N–C) groups is 1. The number of aryl methyl sites for hydroxylation is 1. The van der Waals surface area contributed by atoms with E-state index in [9.17, 15) is 22.0 Å². The monoisotopic (exact) mass is 683 g/mol. The van der Waals surface area contributed by atoms with Gasteiger partial charge in [-0.2, -0.15) is 13.2 Å². The Morgan fingerprint density at radius 2 is 1.71 bits per heavy atom. The van der Waals surface area contributed by atoms with Crippen molar-refractivity contribution in [3.05, 3.63) is 95.1 Å². The van der Waals surface area contributed by atoms with Crippen molar-refractivity contribution in [2.75, 3.05) is 26.2 Å². The molecule has 2 saturated heterocycles. The molecule has 2 aromatic carbocycles. The van der Waals surface area contributed by atoms with Crippen molar-refractivity contribution in [3.8, 4) is 0 Å². The smallest absolute Gasteiger partial charge is 0.350 e. The maximum atomic E-state index is 14.4. The van der Waals surface area contributed by atoms with Crippen molar-refractivity contribution in [1.29, 1.82) is 0 Å². The summed E-state index contributed by atoms with van der Waals surface area (Å²) in [6, 6.07) is 11.2. The molecule has 49 heavy (non-hydrogen) atoms. The largest absolute Gasteiger partial charge is 0.416 e. The summed E-state index contributed by atoms with van der Waals surface area (Å²) in [6.07, 6.45) is 11.2. The van der Waals surface area contributed by atoms with Gasteiger partial charge in [0.15, 0.2) is 0 Å². The van der Waals surface area contributed by atoms with Gasteiger partial charge in [0, 0.05) is 23.7 Å². The quantitative estimate of drug-likeness (QED) is 0.204. The lowest BCUT2D eigenvalue weighted by Gasteiger charge is -2.47. The van der Waals surface area contributed by atoms with Gasteiger partial charge >= 0.3 is 6.18 Å². The van der Waals surface area contributed by atoms with Gasteiger partial charge < -0.3 is 4.90 Å². The average molecular weight is 684 g/mol. The van der Waals surface area contributed by atoms with Crippen molar-refractivity contribution in [1.82, 2.24) is 9.80 Å². The molecular weight excluding hydrogens is 629 g/mol. The van der Waals surface area contributed by atoms with Crippen LogP contribution in [-0.4, -0.2) is 53.4 Å². The number of benzene rings is 2. The van der Waals surface area contributed by atoms with E-state index in [1.807, 2.05) is 24.0 Å². The van der Waals surface area contributed by atoms with Crippen LogP contribution in [0.25, 0.3) is 0 Å². The lowest BCUT2D eigenvalue weighted by molar-refractivity contribution is -0.137. The normalized spacial score (nSPS) is 26.2. The van der Waals surface area contributed by atoms with Gasteiger partial charge in [-0.25, -0.2) is 13.8 Å². The number of alkyl halides is 4. The summed E-state index contributed by atoms with van der Waals surface area (Å²) >= 11 is 0. The third-order valence-electron chi connectivity index (χ3n) is 11.3. The SMILES string of the molecule is C=CCC1CCCCC1.CCc1ccccc1C1(C)CC=C(N2CC(C)(F)C2)N=C1CN1CCCC(c2cc(F)cc(C(F)(F)F)c2)C1C. The van der Waals surface area contributed by atoms with E-state index in [-0.39, 0.29) is 17.4 Å². The minimum Gasteiger partial charge on any atom is -0.350 e. The Kier molecular flexibility index (Phi) is 11.8. The molecule has 0 N–H and O–H groups in total. The van der Waals surface area contributed by atoms with Crippen LogP contribution in [0, 0.1) is 11.7 Å². The fourth-order valence-corrected chi connectivity index (χ4v) is 8.40. The van der Waals surface area contributed by atoms with E-state index in [0.717, 1.165) is 49.3 Å². The zero-order valence-corrected chi connectivity index (χ0v) is 29.8. The Hall–Kier alpha value is -3.00. The minimum absolute atomic E-state index is 0.113. The van der Waals surface area contributed by atoms with Crippen LogP contribution in [0.1, 0.15) is 114 Å². The number of halogens is 5. The van der Waals surface area contributed by atoms with Gasteiger partial charge in [-0.05, 0) is 112 Å². The highest BCUT2D eigenvalue weighted by molar-refractivity contribution is 5.98. The molecule has 0 amide bonds. The molecule has 268 valence electrons. The predicted molar refractivity (Wildman–Crippen MR) is 190 cm³/mol. The Labute approximate surface area is 290 Å². The van der Waals surface area contributed by atoms with E-state index in [1.165, 1.54) is 55.7 Å². The van der Waals surface area contributed by atoms with Crippen LogP contribution >= 0.6 is 0 Å². The molecule has 0 radical (unpaired) electrons. The van der Waals surface area contributed by atoms with Gasteiger partial charge in [-0.15, -0.1) is 6.58 Å². The van der Waals surface area contributed by atoms with Gasteiger partial charge in [-0.1, -0.05) is 69.4 Å². The van der Waals surface area contributed by atoms with Crippen LogP contribution in [0.2, 0.25) is 0 Å². The zero-order chi connectivity index (χ0) is 35.4. The van der Waals surface area contributed by atoms with Gasteiger partial charge in [0.1, 0.15) is 17.3 Å². The summed E-state index contributed by atoms with van der Waals surface area (Å²) in [5, 5.41) is 0. The highest BCUT2D eigenvalue weighted by Gasteiger charge is 2.44. The predicted octanol–water partition coefficient (Wildman–Crippen LogP) is 10.8. The zero-order valence-electron chi connectivity index (χ0n) is 29.8. The van der Waals surface area contributed by atoms with E-state index in [2.05, 4.69) is 49.6 Å². The van der Waals surface area contributed by atoms with E-state index in [0.29, 0.717) is 37.7 Å². The fourth-order valence-electron chi connectivity index (χ4n) is 8.40. The van der Waals surface area contributed by atoms with Crippen LogP contribution in [0.15, 0.2) is 72.0 Å². The van der Waals surface area contributed by atoms with Crippen LogP contribution in [0.5, 0.6) is 0 Å². The van der Waals surface area contributed by atoms with Crippen molar-refractivity contribution < 1.29 is 22.0 Å². The minimum atomic E-state index is -4.60. The number of nitrogens with zero attached hydrogens (tertiary/aromatic N) is 3. The standard InChI is InChI=1S/C32H38F5N3.C9H16/c1-5-22-9-6-7-11-27(22)31(4)13-12-29(40-19-30(3,34)20-40)38-28(31)18-39-14-8-10-26(21(39)2)23-15-24(32(35,36)37)17-25(33)16-23;1-2-6-9-7-4-3-5-8-9/h6-7,9,11-12,15-17,21,26H,5,8,10,13-14,18-20H2,1-4H3;2,9H,1,3-8H2. The molecule has 3 atom stereocenters. The molecular formula is C41H54F5N3. The third-order valence-corrected chi connectivity index (χ3v) is 11.3. The Balaban J connectivity index is 0.000000452. The summed E-state index contributed by atoms with van der Waals surface area (Å²) in [4.78, 5) is 9.39. The van der Waals surface area contributed by atoms with E-state index in [4.69, 9.17) is 4.99 Å². The van der Waals surface area contributed by atoms with Crippen LogP contribution in [0.4, 0.5) is 22.0 Å². The molecule has 3 heterocycles. The molecule has 0 aromatic heterocycles. The van der Waals surface area contributed by atoms with Crippen molar-refractivity contribution in [3.63, 3.8) is 0 Å². The molecule has 1 aliphatic carbocycles. The summed E-state index contributed by atoms with van der Waals surface area (Å²) in [5.41, 5.74) is 1.27. The van der Waals surface area contributed by atoms with Crippen LogP contribution < -0.4 is 0 Å². The first kappa shape index (κ1) is 37.3. The lowest BCUT2D eigenvalue weighted by Crippen LogP contribution is -2.57. The Bertz CT molecular complexity index is 1500.